The first-order chi connectivity index (χ1) is 6.41. The molecule has 2 unspecified atom stereocenters. The molecule has 0 spiro atoms. The summed E-state index contributed by atoms with van der Waals surface area (Å²) >= 11 is 5.56. The Labute approximate surface area is 92.3 Å². The molecule has 0 aromatic heterocycles. The van der Waals surface area contributed by atoms with Crippen LogP contribution in [0.1, 0.15) is 27.2 Å². The molecule has 1 N–H and O–H groups in total. The summed E-state index contributed by atoms with van der Waals surface area (Å²) in [5, 5.41) is 0. The van der Waals surface area contributed by atoms with Crippen LogP contribution in [0.3, 0.4) is 0 Å². The van der Waals surface area contributed by atoms with Crippen LogP contribution in [0.2, 0.25) is 0 Å². The van der Waals surface area contributed by atoms with Crippen molar-refractivity contribution in [3.63, 3.8) is 0 Å². The molecule has 0 amide bonds. The Balaban J connectivity index is 3.96. The number of halogens is 1. The van der Waals surface area contributed by atoms with Gasteiger partial charge in [-0.2, -0.15) is 0 Å². The lowest BCUT2D eigenvalue weighted by molar-refractivity contribution is 0.523. The minimum atomic E-state index is -3.13. The standard InChI is InChI=1S/C9H20ClNO2S/c1-4-8(2)6-11-14(12,13)7-9(3)5-10/h8-9,11H,4-7H2,1-3H3. The van der Waals surface area contributed by atoms with E-state index in [1.165, 1.54) is 0 Å². The highest BCUT2D eigenvalue weighted by atomic mass is 35.5. The summed E-state index contributed by atoms with van der Waals surface area (Å²) in [5.41, 5.74) is 0. The van der Waals surface area contributed by atoms with Crippen molar-refractivity contribution in [2.75, 3.05) is 18.2 Å². The van der Waals surface area contributed by atoms with Crippen molar-refractivity contribution in [2.24, 2.45) is 11.8 Å². The monoisotopic (exact) mass is 241 g/mol. The van der Waals surface area contributed by atoms with Gasteiger partial charge in [0.1, 0.15) is 0 Å². The van der Waals surface area contributed by atoms with E-state index in [-0.39, 0.29) is 11.7 Å². The third-order valence-electron chi connectivity index (χ3n) is 2.12. The normalized spacial score (nSPS) is 16.6. The molecule has 0 radical (unpaired) electrons. The van der Waals surface area contributed by atoms with Gasteiger partial charge in [0.15, 0.2) is 0 Å². The maximum Gasteiger partial charge on any atom is 0.211 e. The van der Waals surface area contributed by atoms with Crippen molar-refractivity contribution >= 4 is 21.6 Å². The molecule has 0 aliphatic heterocycles. The molecule has 2 atom stereocenters. The van der Waals surface area contributed by atoms with Crippen LogP contribution in [0, 0.1) is 11.8 Å². The third kappa shape index (κ3) is 6.62. The van der Waals surface area contributed by atoms with Crippen LogP contribution in [0.4, 0.5) is 0 Å². The van der Waals surface area contributed by atoms with E-state index in [4.69, 9.17) is 11.6 Å². The topological polar surface area (TPSA) is 46.2 Å². The van der Waals surface area contributed by atoms with E-state index in [0.717, 1.165) is 6.42 Å². The van der Waals surface area contributed by atoms with Gasteiger partial charge in [-0.3, -0.25) is 0 Å². The molecule has 0 aromatic rings. The van der Waals surface area contributed by atoms with Crippen LogP contribution in [0.15, 0.2) is 0 Å². The second kappa shape index (κ2) is 6.64. The van der Waals surface area contributed by atoms with E-state index < -0.39 is 10.0 Å². The predicted molar refractivity (Wildman–Crippen MR) is 61.1 cm³/mol. The van der Waals surface area contributed by atoms with Gasteiger partial charge in [-0.05, 0) is 11.8 Å². The van der Waals surface area contributed by atoms with Crippen LogP contribution < -0.4 is 4.72 Å². The third-order valence-corrected chi connectivity index (χ3v) is 4.26. The average molecular weight is 242 g/mol. The zero-order valence-corrected chi connectivity index (χ0v) is 10.7. The lowest BCUT2D eigenvalue weighted by atomic mass is 10.1. The van der Waals surface area contributed by atoms with Gasteiger partial charge in [0.25, 0.3) is 0 Å². The van der Waals surface area contributed by atoms with Crippen LogP contribution in [0.5, 0.6) is 0 Å². The number of sulfonamides is 1. The fraction of sp³-hybridized carbons (Fsp3) is 1.00. The van der Waals surface area contributed by atoms with Gasteiger partial charge in [-0.25, -0.2) is 13.1 Å². The minimum Gasteiger partial charge on any atom is -0.215 e. The summed E-state index contributed by atoms with van der Waals surface area (Å²) in [7, 11) is -3.13. The molecule has 0 fully saturated rings. The van der Waals surface area contributed by atoms with Crippen molar-refractivity contribution in [3.05, 3.63) is 0 Å². The molecule has 0 saturated carbocycles. The lowest BCUT2D eigenvalue weighted by Gasteiger charge is -2.12. The molecule has 86 valence electrons. The summed E-state index contributed by atoms with van der Waals surface area (Å²) in [6.07, 6.45) is 0.980. The van der Waals surface area contributed by atoms with Crippen molar-refractivity contribution < 1.29 is 8.42 Å². The number of nitrogens with one attached hydrogen (secondary N) is 1. The van der Waals surface area contributed by atoms with E-state index >= 15 is 0 Å². The average Bonchev–Trinajstić information content (AvgIpc) is 2.13. The second-order valence-corrected chi connectivity index (χ2v) is 6.06. The van der Waals surface area contributed by atoms with Crippen molar-refractivity contribution in [1.82, 2.24) is 4.72 Å². The summed E-state index contributed by atoms with van der Waals surface area (Å²) in [5.74, 6) is 0.888. The van der Waals surface area contributed by atoms with Crippen molar-refractivity contribution in [3.8, 4) is 0 Å². The Morgan fingerprint density at radius 1 is 1.29 bits per heavy atom. The lowest BCUT2D eigenvalue weighted by Crippen LogP contribution is -2.32. The van der Waals surface area contributed by atoms with Gasteiger partial charge in [-0.15, -0.1) is 11.6 Å². The molecule has 0 heterocycles. The molecule has 0 bridgehead atoms. The van der Waals surface area contributed by atoms with Gasteiger partial charge in [0.05, 0.1) is 5.75 Å². The number of rotatable bonds is 7. The van der Waals surface area contributed by atoms with Gasteiger partial charge in [-0.1, -0.05) is 27.2 Å². The Morgan fingerprint density at radius 2 is 1.86 bits per heavy atom. The molecule has 3 nitrogen and oxygen atoms in total. The molecule has 0 aliphatic carbocycles. The Hall–Kier alpha value is 0.200. The van der Waals surface area contributed by atoms with E-state index in [9.17, 15) is 8.42 Å². The highest BCUT2D eigenvalue weighted by molar-refractivity contribution is 7.89. The first-order valence-corrected chi connectivity index (χ1v) is 7.13. The second-order valence-electron chi connectivity index (χ2n) is 3.90. The quantitative estimate of drug-likeness (QED) is 0.692. The van der Waals surface area contributed by atoms with Crippen molar-refractivity contribution in [1.29, 1.82) is 0 Å². The van der Waals surface area contributed by atoms with Crippen LogP contribution in [-0.2, 0) is 10.0 Å². The molecule has 0 aliphatic rings. The zero-order chi connectivity index (χ0) is 11.2. The fourth-order valence-corrected chi connectivity index (χ4v) is 2.65. The van der Waals surface area contributed by atoms with Gasteiger partial charge < -0.3 is 0 Å². The summed E-state index contributed by atoms with van der Waals surface area (Å²) in [4.78, 5) is 0. The highest BCUT2D eigenvalue weighted by Gasteiger charge is 2.15. The predicted octanol–water partition coefficient (Wildman–Crippen LogP) is 1.83. The molecular weight excluding hydrogens is 222 g/mol. The van der Waals surface area contributed by atoms with E-state index in [1.807, 2.05) is 20.8 Å². The smallest absolute Gasteiger partial charge is 0.211 e. The molecule has 14 heavy (non-hydrogen) atoms. The molecule has 0 saturated heterocycles. The first-order valence-electron chi connectivity index (χ1n) is 4.94. The Bertz CT molecular complexity index is 241. The highest BCUT2D eigenvalue weighted by Crippen LogP contribution is 2.04. The van der Waals surface area contributed by atoms with Crippen LogP contribution in [-0.4, -0.2) is 26.6 Å². The van der Waals surface area contributed by atoms with Crippen LogP contribution >= 0.6 is 11.6 Å². The summed E-state index contributed by atoms with van der Waals surface area (Å²) in [6, 6.07) is 0. The van der Waals surface area contributed by atoms with E-state index in [1.54, 1.807) is 0 Å². The Kier molecular flexibility index (Phi) is 6.74. The number of alkyl halides is 1. The summed E-state index contributed by atoms with van der Waals surface area (Å²) in [6.45, 7) is 6.41. The van der Waals surface area contributed by atoms with Gasteiger partial charge in [0, 0.05) is 12.4 Å². The van der Waals surface area contributed by atoms with Crippen LogP contribution in [0.25, 0.3) is 0 Å². The summed E-state index contributed by atoms with van der Waals surface area (Å²) < 4.78 is 25.5. The number of hydrogen-bond donors (Lipinski definition) is 1. The minimum absolute atomic E-state index is 0.00565. The largest absolute Gasteiger partial charge is 0.215 e. The molecule has 0 aromatic carbocycles. The zero-order valence-electron chi connectivity index (χ0n) is 9.09. The van der Waals surface area contributed by atoms with Gasteiger partial charge in [0.2, 0.25) is 10.0 Å². The fourth-order valence-electron chi connectivity index (χ4n) is 0.892. The Morgan fingerprint density at radius 3 is 2.29 bits per heavy atom. The number of hydrogen-bond acceptors (Lipinski definition) is 2. The van der Waals surface area contributed by atoms with Crippen molar-refractivity contribution in [2.45, 2.75) is 27.2 Å². The maximum atomic E-state index is 11.5. The van der Waals surface area contributed by atoms with E-state index in [0.29, 0.717) is 18.3 Å². The SMILES string of the molecule is CCC(C)CNS(=O)(=O)CC(C)CCl. The first kappa shape index (κ1) is 14.2. The maximum absolute atomic E-state index is 11.5. The van der Waals surface area contributed by atoms with E-state index in [2.05, 4.69) is 4.72 Å². The molecule has 5 heteroatoms. The van der Waals surface area contributed by atoms with Gasteiger partial charge >= 0.3 is 0 Å². The molecular formula is C9H20ClNO2S. The molecule has 0 rings (SSSR count).